The van der Waals surface area contributed by atoms with Crippen molar-refractivity contribution in [2.45, 2.75) is 77.0 Å². The molecule has 0 aromatic heterocycles. The molecule has 170 valence electrons. The van der Waals surface area contributed by atoms with Gasteiger partial charge >= 0.3 is 7.12 Å². The van der Waals surface area contributed by atoms with Gasteiger partial charge in [0.1, 0.15) is 0 Å². The largest absolute Gasteiger partial charge is 0.494 e. The molecule has 4 rings (SSSR count). The van der Waals surface area contributed by atoms with Gasteiger partial charge in [0.05, 0.1) is 16.8 Å². The van der Waals surface area contributed by atoms with E-state index in [1.807, 2.05) is 12.1 Å². The van der Waals surface area contributed by atoms with E-state index in [0.29, 0.717) is 5.56 Å². The normalized spacial score (nSPS) is 24.4. The van der Waals surface area contributed by atoms with Gasteiger partial charge < -0.3 is 19.5 Å². The van der Waals surface area contributed by atoms with Crippen LogP contribution in [0.5, 0.6) is 0 Å². The zero-order valence-corrected chi connectivity index (χ0v) is 19.9. The number of hydrogen-bond acceptors (Lipinski definition) is 5. The van der Waals surface area contributed by atoms with E-state index >= 15 is 0 Å². The summed E-state index contributed by atoms with van der Waals surface area (Å²) >= 11 is 0. The van der Waals surface area contributed by atoms with Crippen molar-refractivity contribution in [1.82, 2.24) is 10.2 Å². The van der Waals surface area contributed by atoms with Crippen LogP contribution in [-0.4, -0.2) is 68.4 Å². The van der Waals surface area contributed by atoms with Crippen molar-refractivity contribution in [2.75, 3.05) is 38.1 Å². The van der Waals surface area contributed by atoms with Gasteiger partial charge in [0.2, 0.25) is 0 Å². The van der Waals surface area contributed by atoms with Crippen LogP contribution in [0.1, 0.15) is 70.2 Å². The number of carbonyl (C=O) groups is 1. The molecule has 2 saturated heterocycles. The van der Waals surface area contributed by atoms with Crippen LogP contribution < -0.4 is 15.7 Å². The Hall–Kier alpha value is -1.57. The fraction of sp³-hybridized carbons (Fsp3) is 0.708. The maximum absolute atomic E-state index is 12.6. The molecular formula is C24H38BN3O3. The molecule has 0 bridgehead atoms. The van der Waals surface area contributed by atoms with E-state index in [1.54, 1.807) is 7.05 Å². The maximum Gasteiger partial charge on any atom is 0.494 e. The average molecular weight is 427 g/mol. The van der Waals surface area contributed by atoms with E-state index in [2.05, 4.69) is 48.9 Å². The molecule has 2 aliphatic heterocycles. The number of nitrogens with one attached hydrogen (secondary N) is 1. The summed E-state index contributed by atoms with van der Waals surface area (Å²) in [4.78, 5) is 17.6. The van der Waals surface area contributed by atoms with Crippen LogP contribution in [0.25, 0.3) is 0 Å². The third-order valence-corrected chi connectivity index (χ3v) is 7.76. The first-order chi connectivity index (χ1) is 14.7. The quantitative estimate of drug-likeness (QED) is 0.750. The van der Waals surface area contributed by atoms with Crippen molar-refractivity contribution in [3.63, 3.8) is 0 Å². The first-order valence-electron chi connectivity index (χ1n) is 11.9. The number of carbonyl (C=O) groups excluding carboxylic acids is 1. The van der Waals surface area contributed by atoms with Crippen LogP contribution in [0, 0.1) is 0 Å². The van der Waals surface area contributed by atoms with Crippen molar-refractivity contribution in [2.24, 2.45) is 0 Å². The summed E-state index contributed by atoms with van der Waals surface area (Å²) in [6.45, 7) is 12.3. The molecule has 6 nitrogen and oxygen atoms in total. The Kier molecular flexibility index (Phi) is 6.39. The molecule has 1 aromatic carbocycles. The van der Waals surface area contributed by atoms with Crippen molar-refractivity contribution in [1.29, 1.82) is 0 Å². The molecule has 1 aromatic rings. The van der Waals surface area contributed by atoms with Crippen LogP contribution >= 0.6 is 0 Å². The van der Waals surface area contributed by atoms with E-state index < -0.39 is 7.12 Å². The van der Waals surface area contributed by atoms with Gasteiger partial charge in [-0.3, -0.25) is 9.69 Å². The molecular weight excluding hydrogens is 389 g/mol. The summed E-state index contributed by atoms with van der Waals surface area (Å²) < 4.78 is 12.5. The smallest absolute Gasteiger partial charge is 0.399 e. The highest BCUT2D eigenvalue weighted by atomic mass is 16.7. The average Bonchev–Trinajstić information content (AvgIpc) is 3.00. The number of anilines is 1. The van der Waals surface area contributed by atoms with Gasteiger partial charge in [0.15, 0.2) is 0 Å². The molecule has 7 heteroatoms. The fourth-order valence-corrected chi connectivity index (χ4v) is 5.04. The lowest BCUT2D eigenvalue weighted by Crippen LogP contribution is -2.51. The van der Waals surface area contributed by atoms with Crippen LogP contribution in [-0.2, 0) is 9.31 Å². The molecule has 0 radical (unpaired) electrons. The Morgan fingerprint density at radius 3 is 2.19 bits per heavy atom. The van der Waals surface area contributed by atoms with E-state index in [9.17, 15) is 4.79 Å². The molecule has 0 atom stereocenters. The van der Waals surface area contributed by atoms with Crippen molar-refractivity contribution < 1.29 is 14.1 Å². The monoisotopic (exact) mass is 427 g/mol. The molecule has 1 amide bonds. The number of amides is 1. The van der Waals surface area contributed by atoms with Gasteiger partial charge in [-0.15, -0.1) is 0 Å². The Bertz CT molecular complexity index is 783. The van der Waals surface area contributed by atoms with Crippen LogP contribution in [0.4, 0.5) is 5.69 Å². The second-order valence-electron chi connectivity index (χ2n) is 10.3. The summed E-state index contributed by atoms with van der Waals surface area (Å²) in [7, 11) is 1.26. The minimum absolute atomic E-state index is 0.0508. The highest BCUT2D eigenvalue weighted by Crippen LogP contribution is 2.37. The Balaban J connectivity index is 1.54. The first-order valence-corrected chi connectivity index (χ1v) is 11.9. The fourth-order valence-electron chi connectivity index (χ4n) is 5.04. The van der Waals surface area contributed by atoms with Gasteiger partial charge in [0, 0.05) is 45.0 Å². The second kappa shape index (κ2) is 8.76. The highest BCUT2D eigenvalue weighted by Gasteiger charge is 2.51. The van der Waals surface area contributed by atoms with Crippen LogP contribution in [0.2, 0.25) is 0 Å². The van der Waals surface area contributed by atoms with Crippen molar-refractivity contribution in [3.8, 4) is 0 Å². The molecule has 1 aliphatic carbocycles. The highest BCUT2D eigenvalue weighted by molar-refractivity contribution is 6.62. The molecule has 2 heterocycles. The minimum atomic E-state index is -0.425. The Morgan fingerprint density at radius 2 is 1.61 bits per heavy atom. The summed E-state index contributed by atoms with van der Waals surface area (Å²) in [6.07, 6.45) is 6.78. The van der Waals surface area contributed by atoms with Gasteiger partial charge in [0.25, 0.3) is 5.91 Å². The van der Waals surface area contributed by atoms with Gasteiger partial charge in [-0.2, -0.15) is 0 Å². The zero-order chi connectivity index (χ0) is 22.2. The van der Waals surface area contributed by atoms with E-state index in [1.165, 1.54) is 32.1 Å². The topological polar surface area (TPSA) is 54.0 Å². The minimum Gasteiger partial charge on any atom is -0.399 e. The van der Waals surface area contributed by atoms with E-state index in [-0.39, 0.29) is 17.1 Å². The number of benzene rings is 1. The summed E-state index contributed by atoms with van der Waals surface area (Å²) in [5, 5.41) is 2.80. The third-order valence-electron chi connectivity index (χ3n) is 7.76. The standard InChI is InChI=1S/C24H38BN3O3/c1-23(2)24(3,4)31-25(30-23)18-11-12-20(22(29)26-5)21(17-18)28-15-13-27(14-16-28)19-9-7-6-8-10-19/h11-12,17,19H,6-10,13-16H2,1-5H3,(H,26,29). The summed E-state index contributed by atoms with van der Waals surface area (Å²) in [5.74, 6) is -0.0508. The van der Waals surface area contributed by atoms with Gasteiger partial charge in [-0.1, -0.05) is 25.3 Å². The number of piperazine rings is 1. The Morgan fingerprint density at radius 1 is 1.00 bits per heavy atom. The second-order valence-corrected chi connectivity index (χ2v) is 10.3. The number of nitrogens with zero attached hydrogens (tertiary/aromatic N) is 2. The summed E-state index contributed by atoms with van der Waals surface area (Å²) in [5.41, 5.74) is 1.89. The predicted octanol–water partition coefficient (Wildman–Crippen LogP) is 2.80. The molecule has 3 fully saturated rings. The molecule has 1 N–H and O–H groups in total. The number of rotatable bonds is 4. The molecule has 0 spiro atoms. The summed E-state index contributed by atoms with van der Waals surface area (Å²) in [6, 6.07) is 6.73. The molecule has 3 aliphatic rings. The van der Waals surface area contributed by atoms with Crippen LogP contribution in [0.3, 0.4) is 0 Å². The van der Waals surface area contributed by atoms with Crippen LogP contribution in [0.15, 0.2) is 18.2 Å². The lowest BCUT2D eigenvalue weighted by molar-refractivity contribution is 0.00578. The van der Waals surface area contributed by atoms with Crippen molar-refractivity contribution in [3.05, 3.63) is 23.8 Å². The van der Waals surface area contributed by atoms with Gasteiger partial charge in [-0.25, -0.2) is 0 Å². The molecule has 31 heavy (non-hydrogen) atoms. The lowest BCUT2D eigenvalue weighted by Gasteiger charge is -2.42. The van der Waals surface area contributed by atoms with Crippen molar-refractivity contribution >= 4 is 24.2 Å². The SMILES string of the molecule is CNC(=O)c1ccc(B2OC(C)(C)C(C)(C)O2)cc1N1CCN(C2CCCCC2)CC1. The third kappa shape index (κ3) is 4.50. The number of hydrogen-bond donors (Lipinski definition) is 1. The van der Waals surface area contributed by atoms with E-state index in [4.69, 9.17) is 9.31 Å². The molecule has 0 unspecified atom stereocenters. The van der Waals surface area contributed by atoms with E-state index in [0.717, 1.165) is 43.4 Å². The maximum atomic E-state index is 12.6. The van der Waals surface area contributed by atoms with Gasteiger partial charge in [-0.05, 0) is 58.1 Å². The lowest BCUT2D eigenvalue weighted by atomic mass is 9.78. The zero-order valence-electron chi connectivity index (χ0n) is 19.9. The predicted molar refractivity (Wildman–Crippen MR) is 126 cm³/mol. The molecule has 1 saturated carbocycles. The first kappa shape index (κ1) is 22.6. The Labute approximate surface area is 187 Å².